The second-order valence-electron chi connectivity index (χ2n) is 7.70. The molecule has 0 spiro atoms. The van der Waals surface area contributed by atoms with E-state index in [0.717, 1.165) is 11.0 Å². The molecule has 140 valence electrons. The molecular weight excluding hydrogens is 341 g/mol. The molecule has 2 heterocycles. The maximum absolute atomic E-state index is 9.30. The average Bonchev–Trinajstić information content (AvgIpc) is 2.84. The molecule has 1 aromatic heterocycles. The monoisotopic (exact) mass is 365 g/mol. The van der Waals surface area contributed by atoms with Crippen LogP contribution >= 0.6 is 0 Å². The Balaban J connectivity index is 1.86. The highest BCUT2D eigenvalue weighted by Crippen LogP contribution is 2.37. The van der Waals surface area contributed by atoms with Crippen LogP contribution < -0.4 is 15.9 Å². The van der Waals surface area contributed by atoms with Gasteiger partial charge in [0, 0.05) is 17.2 Å². The summed E-state index contributed by atoms with van der Waals surface area (Å²) in [6.07, 6.45) is 1.27. The number of ether oxygens (including phenoxy) is 1. The minimum Gasteiger partial charge on any atom is -0.482 e. The molecule has 1 aliphatic heterocycles. The summed E-state index contributed by atoms with van der Waals surface area (Å²) in [5.74, 6) is 0.707. The average molecular weight is 365 g/mol. The van der Waals surface area contributed by atoms with E-state index in [1.165, 1.54) is 0 Å². The Kier molecular flexibility index (Phi) is 4.89. The van der Waals surface area contributed by atoms with Crippen LogP contribution in [0.15, 0.2) is 36.5 Å². The molecule has 2 aromatic rings. The lowest BCUT2D eigenvalue weighted by Gasteiger charge is -2.32. The molecule has 6 nitrogen and oxygen atoms in total. The standard InChI is InChI=1S/C20H24BN3O3/c1-13(16-9-7-6-8-14(16)11-22)25-17-10-15(12-24-18(17)23)21-26-19(2,3)20(4,5)27-21/h6-10,12-13H,1-5H3,(H2,23,24). The number of aromatic nitrogens is 1. The van der Waals surface area contributed by atoms with Gasteiger partial charge >= 0.3 is 7.12 Å². The Morgan fingerprint density at radius 3 is 2.44 bits per heavy atom. The highest BCUT2D eigenvalue weighted by Gasteiger charge is 2.52. The maximum Gasteiger partial charge on any atom is 0.496 e. The molecule has 0 aliphatic carbocycles. The largest absolute Gasteiger partial charge is 0.496 e. The fourth-order valence-corrected chi connectivity index (χ4v) is 2.88. The van der Waals surface area contributed by atoms with Gasteiger partial charge in [-0.05, 0) is 46.8 Å². The van der Waals surface area contributed by atoms with Crippen LogP contribution in [0, 0.1) is 11.3 Å². The Hall–Kier alpha value is -2.56. The van der Waals surface area contributed by atoms with Crippen LogP contribution in [0.3, 0.4) is 0 Å². The highest BCUT2D eigenvalue weighted by molar-refractivity contribution is 6.62. The molecule has 0 amide bonds. The molecule has 0 radical (unpaired) electrons. The van der Waals surface area contributed by atoms with Crippen LogP contribution in [0.5, 0.6) is 5.75 Å². The second-order valence-corrected chi connectivity index (χ2v) is 7.70. The van der Waals surface area contributed by atoms with Gasteiger partial charge in [0.15, 0.2) is 11.6 Å². The molecule has 1 saturated heterocycles. The number of nitriles is 1. The van der Waals surface area contributed by atoms with Gasteiger partial charge in [0.2, 0.25) is 0 Å². The van der Waals surface area contributed by atoms with Crippen LogP contribution in [-0.2, 0) is 9.31 Å². The number of nitrogen functional groups attached to an aromatic ring is 1. The van der Waals surface area contributed by atoms with Crippen molar-refractivity contribution in [2.24, 2.45) is 0 Å². The normalized spacial score (nSPS) is 18.7. The number of nitrogens with two attached hydrogens (primary N) is 1. The van der Waals surface area contributed by atoms with E-state index in [0.29, 0.717) is 11.3 Å². The van der Waals surface area contributed by atoms with Gasteiger partial charge in [0.25, 0.3) is 0 Å². The Morgan fingerprint density at radius 2 is 1.81 bits per heavy atom. The summed E-state index contributed by atoms with van der Waals surface area (Å²) < 4.78 is 18.2. The van der Waals surface area contributed by atoms with Crippen molar-refractivity contribution in [2.75, 3.05) is 5.73 Å². The van der Waals surface area contributed by atoms with Crippen molar-refractivity contribution in [2.45, 2.75) is 51.9 Å². The van der Waals surface area contributed by atoms with E-state index in [-0.39, 0.29) is 11.9 Å². The van der Waals surface area contributed by atoms with Gasteiger partial charge in [-0.15, -0.1) is 0 Å². The lowest BCUT2D eigenvalue weighted by molar-refractivity contribution is 0.00578. The maximum atomic E-state index is 9.30. The van der Waals surface area contributed by atoms with Gasteiger partial charge in [0.05, 0.1) is 22.8 Å². The van der Waals surface area contributed by atoms with Gasteiger partial charge < -0.3 is 19.8 Å². The van der Waals surface area contributed by atoms with Gasteiger partial charge in [0.1, 0.15) is 6.10 Å². The molecule has 2 N–H and O–H groups in total. The number of hydrogen-bond donors (Lipinski definition) is 1. The molecule has 3 rings (SSSR count). The number of pyridine rings is 1. The fourth-order valence-electron chi connectivity index (χ4n) is 2.88. The molecule has 1 aromatic carbocycles. The SMILES string of the molecule is CC(Oc1cc(B2OC(C)(C)C(C)(C)O2)cnc1N)c1ccccc1C#N. The van der Waals surface area contributed by atoms with Crippen molar-refractivity contribution in [1.29, 1.82) is 5.26 Å². The molecule has 1 atom stereocenters. The van der Waals surface area contributed by atoms with Crippen molar-refractivity contribution in [1.82, 2.24) is 4.98 Å². The topological polar surface area (TPSA) is 90.4 Å². The first-order valence-corrected chi connectivity index (χ1v) is 8.91. The first kappa shape index (κ1) is 19.2. The smallest absolute Gasteiger partial charge is 0.482 e. The van der Waals surface area contributed by atoms with Crippen molar-refractivity contribution >= 4 is 18.4 Å². The number of rotatable bonds is 4. The summed E-state index contributed by atoms with van der Waals surface area (Å²) in [4.78, 5) is 4.24. The van der Waals surface area contributed by atoms with Crippen molar-refractivity contribution in [3.05, 3.63) is 47.7 Å². The minimum absolute atomic E-state index is 0.275. The van der Waals surface area contributed by atoms with Crippen LogP contribution in [0.4, 0.5) is 5.82 Å². The minimum atomic E-state index is -0.549. The van der Waals surface area contributed by atoms with Crippen LogP contribution in [0.1, 0.15) is 51.8 Å². The van der Waals surface area contributed by atoms with Crippen molar-refractivity contribution in [3.63, 3.8) is 0 Å². The third kappa shape index (κ3) is 3.64. The van der Waals surface area contributed by atoms with E-state index >= 15 is 0 Å². The Bertz CT molecular complexity index is 876. The lowest BCUT2D eigenvalue weighted by atomic mass is 9.80. The Morgan fingerprint density at radius 1 is 1.19 bits per heavy atom. The van der Waals surface area contributed by atoms with E-state index < -0.39 is 18.3 Å². The quantitative estimate of drug-likeness (QED) is 0.838. The predicted molar refractivity (Wildman–Crippen MR) is 105 cm³/mol. The molecule has 1 aliphatic rings. The van der Waals surface area contributed by atoms with Gasteiger partial charge in [-0.1, -0.05) is 18.2 Å². The molecule has 1 fully saturated rings. The van der Waals surface area contributed by atoms with Gasteiger partial charge in [-0.3, -0.25) is 0 Å². The molecule has 1 unspecified atom stereocenters. The fraction of sp³-hybridized carbons (Fsp3) is 0.400. The summed E-state index contributed by atoms with van der Waals surface area (Å²) in [6, 6.07) is 11.3. The van der Waals surface area contributed by atoms with Crippen LogP contribution in [0.25, 0.3) is 0 Å². The third-order valence-corrected chi connectivity index (χ3v) is 5.25. The number of hydrogen-bond acceptors (Lipinski definition) is 6. The summed E-state index contributed by atoms with van der Waals surface area (Å²) >= 11 is 0. The molecule has 27 heavy (non-hydrogen) atoms. The second kappa shape index (κ2) is 6.88. The van der Waals surface area contributed by atoms with Gasteiger partial charge in [-0.25, -0.2) is 4.98 Å². The lowest BCUT2D eigenvalue weighted by Crippen LogP contribution is -2.41. The molecule has 7 heteroatoms. The zero-order valence-corrected chi connectivity index (χ0v) is 16.3. The highest BCUT2D eigenvalue weighted by atomic mass is 16.7. The Labute approximate surface area is 160 Å². The predicted octanol–water partition coefficient (Wildman–Crippen LogP) is 2.97. The van der Waals surface area contributed by atoms with E-state index in [1.54, 1.807) is 18.3 Å². The molecular formula is C20H24BN3O3. The number of anilines is 1. The first-order valence-electron chi connectivity index (χ1n) is 8.91. The van der Waals surface area contributed by atoms with Crippen LogP contribution in [0.2, 0.25) is 0 Å². The van der Waals surface area contributed by atoms with E-state index in [9.17, 15) is 5.26 Å². The third-order valence-electron chi connectivity index (χ3n) is 5.25. The number of nitrogens with zero attached hydrogens (tertiary/aromatic N) is 2. The number of benzene rings is 1. The summed E-state index contributed by atoms with van der Waals surface area (Å²) in [5.41, 5.74) is 7.21. The summed E-state index contributed by atoms with van der Waals surface area (Å²) in [6.45, 7) is 9.86. The van der Waals surface area contributed by atoms with E-state index in [2.05, 4.69) is 11.1 Å². The zero-order valence-electron chi connectivity index (χ0n) is 16.3. The zero-order chi connectivity index (χ0) is 19.8. The first-order chi connectivity index (χ1) is 12.6. The van der Waals surface area contributed by atoms with Crippen molar-refractivity contribution in [3.8, 4) is 11.8 Å². The summed E-state index contributed by atoms with van der Waals surface area (Å²) in [7, 11) is -0.549. The summed E-state index contributed by atoms with van der Waals surface area (Å²) in [5, 5.41) is 9.30. The molecule has 0 bridgehead atoms. The van der Waals surface area contributed by atoms with Gasteiger partial charge in [-0.2, -0.15) is 5.26 Å². The van der Waals surface area contributed by atoms with Crippen molar-refractivity contribution < 1.29 is 14.0 Å². The van der Waals surface area contributed by atoms with E-state index in [4.69, 9.17) is 19.8 Å². The molecule has 0 saturated carbocycles. The van der Waals surface area contributed by atoms with Crippen LogP contribution in [-0.4, -0.2) is 23.3 Å². The van der Waals surface area contributed by atoms with E-state index in [1.807, 2.05) is 52.8 Å².